The second-order valence-electron chi connectivity index (χ2n) is 4.41. The third-order valence-corrected chi connectivity index (χ3v) is 4.48. The summed E-state index contributed by atoms with van der Waals surface area (Å²) in [6.07, 6.45) is 0.810. The molecule has 0 radical (unpaired) electrons. The number of benzene rings is 1. The minimum atomic E-state index is -0.611. The van der Waals surface area contributed by atoms with Crippen molar-refractivity contribution in [2.75, 3.05) is 11.5 Å². The van der Waals surface area contributed by atoms with Crippen LogP contribution in [0.4, 0.5) is 5.69 Å². The molecule has 1 rings (SSSR count). The van der Waals surface area contributed by atoms with Gasteiger partial charge >= 0.3 is 0 Å². The summed E-state index contributed by atoms with van der Waals surface area (Å²) in [6, 6.07) is 2.21. The Morgan fingerprint density at radius 1 is 1.48 bits per heavy atom. The van der Waals surface area contributed by atoms with Gasteiger partial charge < -0.3 is 5.32 Å². The summed E-state index contributed by atoms with van der Waals surface area (Å²) in [5.41, 5.74) is -0.241. The molecule has 1 aromatic carbocycles. The number of hydrogen-bond acceptors (Lipinski definition) is 4. The lowest BCUT2D eigenvalue weighted by atomic mass is 10.1. The lowest BCUT2D eigenvalue weighted by molar-refractivity contribution is -0.384. The van der Waals surface area contributed by atoms with Crippen molar-refractivity contribution in [2.45, 2.75) is 26.3 Å². The standard InChI is InChI=1S/C13H16Cl2N2O3S/c1-3-21-5-4-8(2)16-13(18)10-6-9(17(19)20)7-11(14)12(10)15/h6-8H,3-5H2,1-2H3,(H,16,18). The molecule has 1 aromatic rings. The van der Waals surface area contributed by atoms with Gasteiger partial charge in [-0.1, -0.05) is 30.1 Å². The maximum Gasteiger partial charge on any atom is 0.271 e. The molecular formula is C13H16Cl2N2O3S. The van der Waals surface area contributed by atoms with Crippen molar-refractivity contribution in [3.63, 3.8) is 0 Å². The van der Waals surface area contributed by atoms with E-state index in [-0.39, 0.29) is 27.3 Å². The number of non-ortho nitro benzene ring substituents is 1. The van der Waals surface area contributed by atoms with Crippen molar-refractivity contribution in [3.05, 3.63) is 37.9 Å². The van der Waals surface area contributed by atoms with Crippen LogP contribution in [0, 0.1) is 10.1 Å². The van der Waals surface area contributed by atoms with Crippen molar-refractivity contribution in [1.29, 1.82) is 0 Å². The first-order valence-electron chi connectivity index (χ1n) is 6.38. The molecule has 116 valence electrons. The van der Waals surface area contributed by atoms with Crippen LogP contribution in [0.15, 0.2) is 12.1 Å². The van der Waals surface area contributed by atoms with Gasteiger partial charge in [-0.2, -0.15) is 11.8 Å². The highest BCUT2D eigenvalue weighted by Crippen LogP contribution is 2.30. The van der Waals surface area contributed by atoms with E-state index in [1.165, 1.54) is 0 Å². The van der Waals surface area contributed by atoms with Crippen LogP contribution in [0.25, 0.3) is 0 Å². The molecule has 0 aromatic heterocycles. The van der Waals surface area contributed by atoms with Gasteiger partial charge in [-0.3, -0.25) is 14.9 Å². The molecule has 0 heterocycles. The first kappa shape index (κ1) is 18.1. The Labute approximate surface area is 137 Å². The number of hydrogen-bond donors (Lipinski definition) is 1. The number of carbonyl (C=O) groups excluding carboxylic acids is 1. The zero-order valence-electron chi connectivity index (χ0n) is 11.7. The molecule has 1 amide bonds. The molecule has 0 spiro atoms. The molecule has 0 saturated heterocycles. The van der Waals surface area contributed by atoms with E-state index < -0.39 is 10.8 Å². The van der Waals surface area contributed by atoms with Crippen molar-refractivity contribution in [1.82, 2.24) is 5.32 Å². The SMILES string of the molecule is CCSCCC(C)NC(=O)c1cc([N+](=O)[O-])cc(Cl)c1Cl. The zero-order valence-corrected chi connectivity index (χ0v) is 14.0. The fourth-order valence-corrected chi connectivity index (χ4v) is 2.84. The Morgan fingerprint density at radius 2 is 2.14 bits per heavy atom. The van der Waals surface area contributed by atoms with Crippen molar-refractivity contribution >= 4 is 46.6 Å². The van der Waals surface area contributed by atoms with Crippen LogP contribution in [0.3, 0.4) is 0 Å². The van der Waals surface area contributed by atoms with Gasteiger partial charge in [0.2, 0.25) is 0 Å². The second kappa shape index (κ2) is 8.46. The Kier molecular flexibility index (Phi) is 7.28. The minimum Gasteiger partial charge on any atom is -0.350 e. The number of halogens is 2. The highest BCUT2D eigenvalue weighted by molar-refractivity contribution is 7.99. The maximum absolute atomic E-state index is 12.2. The Balaban J connectivity index is 2.84. The molecule has 8 heteroatoms. The summed E-state index contributed by atoms with van der Waals surface area (Å²) in [5, 5.41) is 13.6. The predicted octanol–water partition coefficient (Wildman–Crippen LogP) is 4.16. The number of carbonyl (C=O) groups is 1. The Hall–Kier alpha value is -0.980. The van der Waals surface area contributed by atoms with Crippen LogP contribution in [0.2, 0.25) is 10.0 Å². The van der Waals surface area contributed by atoms with Crippen molar-refractivity contribution in [3.8, 4) is 0 Å². The Morgan fingerprint density at radius 3 is 2.71 bits per heavy atom. The first-order chi connectivity index (χ1) is 9.86. The number of rotatable bonds is 7. The van der Waals surface area contributed by atoms with E-state index >= 15 is 0 Å². The average molecular weight is 351 g/mol. The normalized spacial score (nSPS) is 12.0. The number of amides is 1. The van der Waals surface area contributed by atoms with Gasteiger partial charge in [-0.15, -0.1) is 0 Å². The van der Waals surface area contributed by atoms with Crippen LogP contribution < -0.4 is 5.32 Å². The van der Waals surface area contributed by atoms with Gasteiger partial charge in [-0.05, 0) is 24.9 Å². The molecule has 1 N–H and O–H groups in total. The fourth-order valence-electron chi connectivity index (χ4n) is 1.62. The van der Waals surface area contributed by atoms with Crippen LogP contribution in [-0.2, 0) is 0 Å². The molecule has 21 heavy (non-hydrogen) atoms. The zero-order chi connectivity index (χ0) is 16.0. The maximum atomic E-state index is 12.2. The van der Waals surface area contributed by atoms with E-state index in [9.17, 15) is 14.9 Å². The lowest BCUT2D eigenvalue weighted by Crippen LogP contribution is -2.33. The van der Waals surface area contributed by atoms with Gasteiger partial charge in [0.05, 0.1) is 20.5 Å². The predicted molar refractivity (Wildman–Crippen MR) is 87.7 cm³/mol. The molecule has 0 fully saturated rings. The molecule has 0 aliphatic rings. The van der Waals surface area contributed by atoms with E-state index in [4.69, 9.17) is 23.2 Å². The summed E-state index contributed by atoms with van der Waals surface area (Å²) in [6.45, 7) is 3.94. The minimum absolute atomic E-state index is 0.00907. The number of nitro benzene ring substituents is 1. The summed E-state index contributed by atoms with van der Waals surface area (Å²) < 4.78 is 0. The van der Waals surface area contributed by atoms with E-state index in [0.29, 0.717) is 0 Å². The van der Waals surface area contributed by atoms with Crippen LogP contribution in [-0.4, -0.2) is 28.4 Å². The molecule has 1 atom stereocenters. The second-order valence-corrected chi connectivity index (χ2v) is 6.59. The lowest BCUT2D eigenvalue weighted by Gasteiger charge is -2.14. The number of nitrogens with one attached hydrogen (secondary N) is 1. The van der Waals surface area contributed by atoms with Crippen molar-refractivity contribution in [2.24, 2.45) is 0 Å². The largest absolute Gasteiger partial charge is 0.350 e. The van der Waals surface area contributed by atoms with E-state index in [1.54, 1.807) is 11.8 Å². The summed E-state index contributed by atoms with van der Waals surface area (Å²) in [4.78, 5) is 22.3. The Bertz CT molecular complexity index is 540. The smallest absolute Gasteiger partial charge is 0.271 e. The van der Waals surface area contributed by atoms with Gasteiger partial charge in [0, 0.05) is 18.2 Å². The third-order valence-electron chi connectivity index (χ3n) is 2.75. The van der Waals surface area contributed by atoms with Gasteiger partial charge in [0.25, 0.3) is 11.6 Å². The van der Waals surface area contributed by atoms with E-state index in [2.05, 4.69) is 12.2 Å². The third kappa shape index (κ3) is 5.37. The highest BCUT2D eigenvalue weighted by atomic mass is 35.5. The van der Waals surface area contributed by atoms with Crippen LogP contribution in [0.5, 0.6) is 0 Å². The average Bonchev–Trinajstić information content (AvgIpc) is 2.41. The van der Waals surface area contributed by atoms with E-state index in [0.717, 1.165) is 30.1 Å². The summed E-state index contributed by atoms with van der Waals surface area (Å²) in [5.74, 6) is 1.49. The monoisotopic (exact) mass is 350 g/mol. The molecule has 0 aliphatic carbocycles. The summed E-state index contributed by atoms with van der Waals surface area (Å²) in [7, 11) is 0. The molecule has 1 unspecified atom stereocenters. The molecular weight excluding hydrogens is 335 g/mol. The van der Waals surface area contributed by atoms with Crippen molar-refractivity contribution < 1.29 is 9.72 Å². The fraction of sp³-hybridized carbons (Fsp3) is 0.462. The van der Waals surface area contributed by atoms with Crippen LogP contribution in [0.1, 0.15) is 30.6 Å². The quantitative estimate of drug-likeness (QED) is 0.455. The number of nitrogens with zero attached hydrogens (tertiary/aromatic N) is 1. The summed E-state index contributed by atoms with van der Waals surface area (Å²) >= 11 is 13.6. The van der Waals surface area contributed by atoms with Gasteiger partial charge in [0.15, 0.2) is 0 Å². The number of nitro groups is 1. The van der Waals surface area contributed by atoms with Crippen LogP contribution >= 0.6 is 35.0 Å². The van der Waals surface area contributed by atoms with Gasteiger partial charge in [-0.25, -0.2) is 0 Å². The molecule has 0 bridgehead atoms. The van der Waals surface area contributed by atoms with Gasteiger partial charge in [0.1, 0.15) is 0 Å². The first-order valence-corrected chi connectivity index (χ1v) is 8.29. The molecule has 0 aliphatic heterocycles. The molecule has 5 nitrogen and oxygen atoms in total. The van der Waals surface area contributed by atoms with E-state index in [1.807, 2.05) is 6.92 Å². The number of thioether (sulfide) groups is 1. The molecule has 0 saturated carbocycles. The topological polar surface area (TPSA) is 72.2 Å². The highest BCUT2D eigenvalue weighted by Gasteiger charge is 2.20.